The molecular weight excluding hydrogens is 353 g/mol. The molecular formula is C14H28IN3O. The highest BCUT2D eigenvalue weighted by atomic mass is 127. The Labute approximate surface area is 134 Å². The Hall–Kier alpha value is -0.0400. The number of aliphatic hydroxyl groups is 1. The lowest BCUT2D eigenvalue weighted by atomic mass is 9.89. The lowest BCUT2D eigenvalue weighted by Gasteiger charge is -2.33. The van der Waals surface area contributed by atoms with Gasteiger partial charge < -0.3 is 15.3 Å². The van der Waals surface area contributed by atoms with E-state index in [4.69, 9.17) is 0 Å². The third-order valence-electron chi connectivity index (χ3n) is 4.25. The van der Waals surface area contributed by atoms with Gasteiger partial charge in [-0.15, -0.1) is 24.0 Å². The van der Waals surface area contributed by atoms with E-state index in [1.54, 1.807) is 0 Å². The smallest absolute Gasteiger partial charge is 0.193 e. The number of hydrogen-bond acceptors (Lipinski definition) is 2. The largest absolute Gasteiger partial charge is 0.393 e. The number of aliphatic hydroxyl groups excluding tert-OH is 1. The zero-order valence-electron chi connectivity index (χ0n) is 12.0. The highest BCUT2D eigenvalue weighted by molar-refractivity contribution is 14.0. The molecule has 5 heteroatoms. The number of rotatable bonds is 2. The molecule has 0 atom stereocenters. The van der Waals surface area contributed by atoms with Gasteiger partial charge in [-0.05, 0) is 31.6 Å². The fraction of sp³-hybridized carbons (Fsp3) is 0.929. The molecule has 1 heterocycles. The first-order valence-electron chi connectivity index (χ1n) is 7.43. The summed E-state index contributed by atoms with van der Waals surface area (Å²) in [4.78, 5) is 6.64. The number of guanidine groups is 1. The predicted molar refractivity (Wildman–Crippen MR) is 90.2 cm³/mol. The summed E-state index contributed by atoms with van der Waals surface area (Å²) in [6.07, 6.45) is 8.54. The monoisotopic (exact) mass is 381 g/mol. The summed E-state index contributed by atoms with van der Waals surface area (Å²) in [7, 11) is 1.86. The van der Waals surface area contributed by atoms with E-state index >= 15 is 0 Å². The number of halogens is 1. The molecule has 0 aromatic heterocycles. The minimum Gasteiger partial charge on any atom is -0.393 e. The first-order valence-corrected chi connectivity index (χ1v) is 7.43. The predicted octanol–water partition coefficient (Wildman–Crippen LogP) is 2.22. The van der Waals surface area contributed by atoms with Gasteiger partial charge in [0.25, 0.3) is 0 Å². The maximum Gasteiger partial charge on any atom is 0.193 e. The molecule has 2 aliphatic rings. The van der Waals surface area contributed by atoms with Crippen LogP contribution in [-0.2, 0) is 0 Å². The Morgan fingerprint density at radius 3 is 2.37 bits per heavy atom. The number of nitrogens with zero attached hydrogens (tertiary/aromatic N) is 2. The normalized spacial score (nSPS) is 23.1. The molecule has 2 rings (SSSR count). The summed E-state index contributed by atoms with van der Waals surface area (Å²) in [6, 6.07) is 0. The fourth-order valence-corrected chi connectivity index (χ4v) is 3.04. The molecule has 2 N–H and O–H groups in total. The topological polar surface area (TPSA) is 47.9 Å². The maximum atomic E-state index is 9.53. The van der Waals surface area contributed by atoms with Crippen LogP contribution in [0.1, 0.15) is 44.9 Å². The van der Waals surface area contributed by atoms with E-state index in [1.165, 1.54) is 32.1 Å². The number of likely N-dealkylation sites (tertiary alicyclic amines) is 1. The molecule has 1 saturated heterocycles. The molecule has 1 aliphatic carbocycles. The van der Waals surface area contributed by atoms with Crippen molar-refractivity contribution in [1.29, 1.82) is 0 Å². The third kappa shape index (κ3) is 5.45. The molecule has 0 unspecified atom stereocenters. The van der Waals surface area contributed by atoms with Crippen LogP contribution >= 0.6 is 24.0 Å². The van der Waals surface area contributed by atoms with Crippen molar-refractivity contribution in [3.05, 3.63) is 0 Å². The van der Waals surface area contributed by atoms with E-state index < -0.39 is 0 Å². The van der Waals surface area contributed by atoms with Crippen LogP contribution in [0.25, 0.3) is 0 Å². The zero-order chi connectivity index (χ0) is 12.8. The molecule has 1 aliphatic heterocycles. The number of aliphatic imine (C=N–C) groups is 1. The molecule has 0 amide bonds. The number of piperidine rings is 1. The Balaban J connectivity index is 0.00000180. The molecule has 0 radical (unpaired) electrons. The van der Waals surface area contributed by atoms with E-state index in [9.17, 15) is 5.11 Å². The van der Waals surface area contributed by atoms with Gasteiger partial charge in [0.05, 0.1) is 6.10 Å². The Kier molecular flexibility index (Phi) is 8.06. The van der Waals surface area contributed by atoms with Crippen LogP contribution < -0.4 is 5.32 Å². The molecule has 0 bridgehead atoms. The first-order chi connectivity index (χ1) is 8.79. The standard InChI is InChI=1S/C14H27N3O.HI/c1-15-14(17-9-7-13(18)8-10-17)16-11-12-5-3-2-4-6-12;/h12-13,18H,2-11H2,1H3,(H,15,16);1H. The van der Waals surface area contributed by atoms with Crippen molar-refractivity contribution in [2.75, 3.05) is 26.7 Å². The number of hydrogen-bond donors (Lipinski definition) is 2. The van der Waals surface area contributed by atoms with Crippen molar-refractivity contribution in [3.63, 3.8) is 0 Å². The molecule has 4 nitrogen and oxygen atoms in total. The Morgan fingerprint density at radius 2 is 1.79 bits per heavy atom. The second kappa shape index (κ2) is 9.00. The van der Waals surface area contributed by atoms with Gasteiger partial charge >= 0.3 is 0 Å². The minimum absolute atomic E-state index is 0. The van der Waals surface area contributed by atoms with Crippen molar-refractivity contribution >= 4 is 29.9 Å². The van der Waals surface area contributed by atoms with Gasteiger partial charge in [-0.1, -0.05) is 19.3 Å². The minimum atomic E-state index is -0.113. The highest BCUT2D eigenvalue weighted by Gasteiger charge is 2.20. The molecule has 0 spiro atoms. The highest BCUT2D eigenvalue weighted by Crippen LogP contribution is 2.22. The first kappa shape index (κ1) is 17.0. The fourth-order valence-electron chi connectivity index (χ4n) is 3.04. The van der Waals surface area contributed by atoms with Crippen molar-refractivity contribution in [1.82, 2.24) is 10.2 Å². The second-order valence-electron chi connectivity index (χ2n) is 5.65. The third-order valence-corrected chi connectivity index (χ3v) is 4.25. The molecule has 0 aromatic rings. The lowest BCUT2D eigenvalue weighted by molar-refractivity contribution is 0.107. The van der Waals surface area contributed by atoms with E-state index in [1.807, 2.05) is 7.05 Å². The summed E-state index contributed by atoms with van der Waals surface area (Å²) < 4.78 is 0. The van der Waals surface area contributed by atoms with Crippen molar-refractivity contribution in [3.8, 4) is 0 Å². The van der Waals surface area contributed by atoms with Gasteiger partial charge in [0, 0.05) is 26.7 Å². The van der Waals surface area contributed by atoms with Gasteiger partial charge in [-0.2, -0.15) is 0 Å². The van der Waals surface area contributed by atoms with Crippen molar-refractivity contribution in [2.45, 2.75) is 51.0 Å². The van der Waals surface area contributed by atoms with Crippen LogP contribution in [0.5, 0.6) is 0 Å². The quantitative estimate of drug-likeness (QED) is 0.438. The van der Waals surface area contributed by atoms with Crippen LogP contribution in [0, 0.1) is 5.92 Å². The van der Waals surface area contributed by atoms with Gasteiger partial charge in [-0.3, -0.25) is 4.99 Å². The van der Waals surface area contributed by atoms with E-state index in [0.29, 0.717) is 0 Å². The van der Waals surface area contributed by atoms with Crippen LogP contribution in [0.15, 0.2) is 4.99 Å². The summed E-state index contributed by atoms with van der Waals surface area (Å²) >= 11 is 0. The van der Waals surface area contributed by atoms with Crippen molar-refractivity contribution < 1.29 is 5.11 Å². The van der Waals surface area contributed by atoms with Gasteiger partial charge in [0.2, 0.25) is 0 Å². The summed E-state index contributed by atoms with van der Waals surface area (Å²) in [5, 5.41) is 13.0. The van der Waals surface area contributed by atoms with E-state index in [0.717, 1.165) is 44.4 Å². The maximum absolute atomic E-state index is 9.53. The van der Waals surface area contributed by atoms with E-state index in [2.05, 4.69) is 15.2 Å². The SMILES string of the molecule is CN=C(NCC1CCCCC1)N1CCC(O)CC1.I. The Morgan fingerprint density at radius 1 is 1.16 bits per heavy atom. The molecule has 112 valence electrons. The summed E-state index contributed by atoms with van der Waals surface area (Å²) in [5.74, 6) is 1.85. The number of nitrogens with one attached hydrogen (secondary N) is 1. The molecule has 1 saturated carbocycles. The average Bonchev–Trinajstić information content (AvgIpc) is 2.42. The van der Waals surface area contributed by atoms with Crippen LogP contribution in [0.3, 0.4) is 0 Å². The molecule has 19 heavy (non-hydrogen) atoms. The zero-order valence-corrected chi connectivity index (χ0v) is 14.3. The van der Waals surface area contributed by atoms with Crippen LogP contribution in [0.4, 0.5) is 0 Å². The molecule has 2 fully saturated rings. The Bertz CT molecular complexity index is 272. The second-order valence-corrected chi connectivity index (χ2v) is 5.65. The summed E-state index contributed by atoms with van der Waals surface area (Å²) in [6.45, 7) is 2.91. The van der Waals surface area contributed by atoms with Crippen LogP contribution in [0.2, 0.25) is 0 Å². The van der Waals surface area contributed by atoms with Gasteiger partial charge in [-0.25, -0.2) is 0 Å². The van der Waals surface area contributed by atoms with Crippen LogP contribution in [-0.4, -0.2) is 48.8 Å². The van der Waals surface area contributed by atoms with Crippen molar-refractivity contribution in [2.24, 2.45) is 10.9 Å². The van der Waals surface area contributed by atoms with Gasteiger partial charge in [0.1, 0.15) is 0 Å². The van der Waals surface area contributed by atoms with E-state index in [-0.39, 0.29) is 30.1 Å². The van der Waals surface area contributed by atoms with Gasteiger partial charge in [0.15, 0.2) is 5.96 Å². The summed E-state index contributed by atoms with van der Waals surface area (Å²) in [5.41, 5.74) is 0. The lowest BCUT2D eigenvalue weighted by Crippen LogP contribution is -2.47. The molecule has 0 aromatic carbocycles. The average molecular weight is 381 g/mol.